The molecule has 0 saturated carbocycles. The van der Waals surface area contributed by atoms with E-state index in [-0.39, 0.29) is 6.04 Å². The molecule has 8 nitrogen and oxygen atoms in total. The molecule has 186 valence electrons. The third kappa shape index (κ3) is 6.73. The van der Waals surface area contributed by atoms with Crippen molar-refractivity contribution in [3.63, 3.8) is 0 Å². The Labute approximate surface area is 212 Å². The molecular weight excluding hydrogens is 495 g/mol. The van der Waals surface area contributed by atoms with Gasteiger partial charge in [-0.3, -0.25) is 4.98 Å². The zero-order chi connectivity index (χ0) is 24.3. The SMILES string of the molecule is C[C@@H](Nc1cncc(N2CC([C@H]3CCCN(CCNS(C)(=O)=O)C3)C2)n1)c1ccc(Cl)cc1Cl. The van der Waals surface area contributed by atoms with Crippen LogP contribution in [-0.2, 0) is 10.0 Å². The Kier molecular flexibility index (Phi) is 8.20. The number of halogens is 2. The van der Waals surface area contributed by atoms with Gasteiger partial charge in [0.15, 0.2) is 0 Å². The van der Waals surface area contributed by atoms with Gasteiger partial charge >= 0.3 is 0 Å². The van der Waals surface area contributed by atoms with Crippen molar-refractivity contribution < 1.29 is 8.42 Å². The predicted octanol–water partition coefficient (Wildman–Crippen LogP) is 3.65. The maximum atomic E-state index is 11.3. The molecule has 0 aliphatic carbocycles. The molecule has 1 aromatic heterocycles. The number of hydrogen-bond acceptors (Lipinski definition) is 7. The Bertz CT molecular complexity index is 1100. The highest BCUT2D eigenvalue weighted by molar-refractivity contribution is 7.88. The molecule has 4 rings (SSSR count). The fourth-order valence-electron chi connectivity index (χ4n) is 4.80. The topological polar surface area (TPSA) is 90.5 Å². The molecule has 0 bridgehead atoms. The largest absolute Gasteiger partial charge is 0.362 e. The average Bonchev–Trinajstić information content (AvgIpc) is 2.72. The van der Waals surface area contributed by atoms with E-state index in [1.54, 1.807) is 12.3 Å². The summed E-state index contributed by atoms with van der Waals surface area (Å²) >= 11 is 12.4. The third-order valence-electron chi connectivity index (χ3n) is 6.65. The molecule has 2 aliphatic heterocycles. The van der Waals surface area contributed by atoms with Gasteiger partial charge in [-0.2, -0.15) is 0 Å². The van der Waals surface area contributed by atoms with Crippen molar-refractivity contribution in [3.05, 3.63) is 46.2 Å². The lowest BCUT2D eigenvalue weighted by molar-refractivity contribution is 0.121. The number of likely N-dealkylation sites (tertiary alicyclic amines) is 1. The monoisotopic (exact) mass is 526 g/mol. The van der Waals surface area contributed by atoms with Gasteiger partial charge in [0.05, 0.1) is 24.7 Å². The lowest BCUT2D eigenvalue weighted by Gasteiger charge is -2.47. The summed E-state index contributed by atoms with van der Waals surface area (Å²) < 4.78 is 25.2. The van der Waals surface area contributed by atoms with Crippen molar-refractivity contribution in [2.24, 2.45) is 11.8 Å². The summed E-state index contributed by atoms with van der Waals surface area (Å²) in [5.74, 6) is 2.84. The second-order valence-corrected chi connectivity index (χ2v) is 12.0. The average molecular weight is 528 g/mol. The molecule has 3 heterocycles. The van der Waals surface area contributed by atoms with Gasteiger partial charge in [0, 0.05) is 42.8 Å². The summed E-state index contributed by atoms with van der Waals surface area (Å²) in [5.41, 5.74) is 0.955. The lowest BCUT2D eigenvalue weighted by atomic mass is 9.80. The Balaban J connectivity index is 1.28. The summed E-state index contributed by atoms with van der Waals surface area (Å²) in [7, 11) is -3.13. The molecule has 2 N–H and O–H groups in total. The van der Waals surface area contributed by atoms with Crippen LogP contribution in [0.3, 0.4) is 0 Å². The minimum Gasteiger partial charge on any atom is -0.362 e. The van der Waals surface area contributed by atoms with Crippen LogP contribution >= 0.6 is 23.2 Å². The Morgan fingerprint density at radius 3 is 2.71 bits per heavy atom. The summed E-state index contributed by atoms with van der Waals surface area (Å²) in [5, 5.41) is 4.62. The minimum atomic E-state index is -3.13. The first-order valence-corrected chi connectivity index (χ1v) is 14.3. The van der Waals surface area contributed by atoms with Gasteiger partial charge < -0.3 is 15.1 Å². The number of benzene rings is 1. The molecule has 2 saturated heterocycles. The van der Waals surface area contributed by atoms with E-state index in [4.69, 9.17) is 28.2 Å². The predicted molar refractivity (Wildman–Crippen MR) is 138 cm³/mol. The highest BCUT2D eigenvalue weighted by Gasteiger charge is 2.36. The highest BCUT2D eigenvalue weighted by atomic mass is 35.5. The van der Waals surface area contributed by atoms with Crippen LogP contribution in [0.2, 0.25) is 10.0 Å². The van der Waals surface area contributed by atoms with Gasteiger partial charge in [-0.25, -0.2) is 18.1 Å². The van der Waals surface area contributed by atoms with Crippen molar-refractivity contribution in [3.8, 4) is 0 Å². The maximum Gasteiger partial charge on any atom is 0.208 e. The van der Waals surface area contributed by atoms with E-state index in [9.17, 15) is 8.42 Å². The van der Waals surface area contributed by atoms with Crippen LogP contribution in [0.25, 0.3) is 0 Å². The Morgan fingerprint density at radius 1 is 1.18 bits per heavy atom. The summed E-state index contributed by atoms with van der Waals surface area (Å²) in [6.45, 7) is 7.26. The number of rotatable bonds is 9. The number of aromatic nitrogens is 2. The molecule has 34 heavy (non-hydrogen) atoms. The first-order valence-electron chi connectivity index (χ1n) is 11.6. The summed E-state index contributed by atoms with van der Waals surface area (Å²) in [6, 6.07) is 5.46. The molecule has 2 aromatic rings. The second-order valence-electron chi connectivity index (χ2n) is 9.33. The van der Waals surface area contributed by atoms with E-state index in [0.29, 0.717) is 34.2 Å². The first kappa shape index (κ1) is 25.4. The van der Waals surface area contributed by atoms with Crippen LogP contribution in [0, 0.1) is 11.8 Å². The van der Waals surface area contributed by atoms with E-state index in [2.05, 4.69) is 24.8 Å². The molecule has 2 aliphatic rings. The van der Waals surface area contributed by atoms with Gasteiger partial charge in [-0.15, -0.1) is 0 Å². The van der Waals surface area contributed by atoms with Crippen LogP contribution in [-0.4, -0.2) is 68.8 Å². The van der Waals surface area contributed by atoms with E-state index in [1.807, 2.05) is 25.3 Å². The molecule has 2 fully saturated rings. The summed E-state index contributed by atoms with van der Waals surface area (Å²) in [4.78, 5) is 13.8. The number of hydrogen-bond donors (Lipinski definition) is 2. The van der Waals surface area contributed by atoms with Crippen LogP contribution in [0.5, 0.6) is 0 Å². The van der Waals surface area contributed by atoms with Crippen molar-refractivity contribution >= 4 is 44.9 Å². The lowest BCUT2D eigenvalue weighted by Crippen LogP contribution is -2.54. The van der Waals surface area contributed by atoms with E-state index in [1.165, 1.54) is 12.7 Å². The van der Waals surface area contributed by atoms with Crippen molar-refractivity contribution in [2.45, 2.75) is 25.8 Å². The van der Waals surface area contributed by atoms with Gasteiger partial charge in [-0.05, 0) is 55.8 Å². The molecule has 11 heteroatoms. The smallest absolute Gasteiger partial charge is 0.208 e. The highest BCUT2D eigenvalue weighted by Crippen LogP contribution is 2.34. The van der Waals surface area contributed by atoms with Gasteiger partial charge in [-0.1, -0.05) is 29.3 Å². The zero-order valence-corrected chi connectivity index (χ0v) is 21.9. The number of nitrogens with zero attached hydrogens (tertiary/aromatic N) is 4. The van der Waals surface area contributed by atoms with E-state index >= 15 is 0 Å². The fourth-order valence-corrected chi connectivity index (χ4v) is 5.83. The number of anilines is 2. The van der Waals surface area contributed by atoms with Gasteiger partial charge in [0.1, 0.15) is 11.6 Å². The third-order valence-corrected chi connectivity index (χ3v) is 7.94. The van der Waals surface area contributed by atoms with Crippen LogP contribution in [0.15, 0.2) is 30.6 Å². The molecule has 0 unspecified atom stereocenters. The Hall–Kier alpha value is -1.65. The number of piperidine rings is 1. The second kappa shape index (κ2) is 11.0. The molecule has 0 spiro atoms. The fraction of sp³-hybridized carbons (Fsp3) is 0.565. The first-order chi connectivity index (χ1) is 16.2. The normalized spacial score (nSPS) is 20.7. The van der Waals surface area contributed by atoms with Crippen LogP contribution in [0.1, 0.15) is 31.4 Å². The zero-order valence-electron chi connectivity index (χ0n) is 19.5. The van der Waals surface area contributed by atoms with E-state index in [0.717, 1.165) is 50.5 Å². The van der Waals surface area contributed by atoms with Crippen LogP contribution < -0.4 is 14.9 Å². The van der Waals surface area contributed by atoms with Crippen molar-refractivity contribution in [1.82, 2.24) is 19.6 Å². The summed E-state index contributed by atoms with van der Waals surface area (Å²) in [6.07, 6.45) is 7.12. The quantitative estimate of drug-likeness (QED) is 0.515. The number of sulfonamides is 1. The minimum absolute atomic E-state index is 0.0381. The van der Waals surface area contributed by atoms with Gasteiger partial charge in [0.25, 0.3) is 0 Å². The van der Waals surface area contributed by atoms with Crippen molar-refractivity contribution in [2.75, 3.05) is 55.7 Å². The Morgan fingerprint density at radius 2 is 1.97 bits per heavy atom. The molecule has 0 radical (unpaired) electrons. The molecule has 1 aromatic carbocycles. The van der Waals surface area contributed by atoms with Gasteiger partial charge in [0.2, 0.25) is 10.0 Å². The van der Waals surface area contributed by atoms with Crippen LogP contribution in [0.4, 0.5) is 11.6 Å². The molecular formula is C23H32Cl2N6O2S. The van der Waals surface area contributed by atoms with E-state index < -0.39 is 10.0 Å². The number of nitrogens with one attached hydrogen (secondary N) is 2. The molecule has 2 atom stereocenters. The molecule has 0 amide bonds. The van der Waals surface area contributed by atoms with Crippen molar-refractivity contribution in [1.29, 1.82) is 0 Å². The maximum absolute atomic E-state index is 11.3. The standard InChI is InChI=1S/C23H32Cl2N6O2S/c1-16(20-6-5-19(24)10-21(20)25)28-22-11-26-12-23(29-22)31-14-18(15-31)17-4-3-8-30(13-17)9-7-27-34(2,32)33/h5-6,10-12,16-18,27H,3-4,7-9,13-15H2,1-2H3,(H,28,29)/t16-,17+/m1/s1.